The van der Waals surface area contributed by atoms with E-state index in [4.69, 9.17) is 41.9 Å². The van der Waals surface area contributed by atoms with E-state index in [1.807, 2.05) is 48.7 Å². The number of unbranched alkanes of at least 4 members (excludes halogenated alkanes) is 4. The predicted molar refractivity (Wildman–Crippen MR) is 390 cm³/mol. The lowest BCUT2D eigenvalue weighted by atomic mass is 9.63. The van der Waals surface area contributed by atoms with Gasteiger partial charge in [-0.3, -0.25) is 19.4 Å². The molecule has 2 fully saturated rings. The lowest BCUT2D eigenvalue weighted by Gasteiger charge is -2.40. The van der Waals surface area contributed by atoms with Gasteiger partial charge in [0.15, 0.2) is 0 Å². The van der Waals surface area contributed by atoms with Crippen LogP contribution in [-0.2, 0) is 20.4 Å². The van der Waals surface area contributed by atoms with Crippen molar-refractivity contribution in [3.05, 3.63) is 91.7 Å². The fourth-order valence-corrected chi connectivity index (χ4v) is 21.8. The van der Waals surface area contributed by atoms with Crippen LogP contribution < -0.4 is 0 Å². The van der Waals surface area contributed by atoms with E-state index >= 15 is 0 Å². The van der Waals surface area contributed by atoms with Gasteiger partial charge in [-0.2, -0.15) is 17.5 Å². The molecule has 4 aliphatic rings. The first-order chi connectivity index (χ1) is 42.8. The number of amides is 2. The van der Waals surface area contributed by atoms with Crippen molar-refractivity contribution in [2.24, 2.45) is 23.7 Å². The number of thiocarbonyl (C=S) groups is 2. The van der Waals surface area contributed by atoms with E-state index in [1.54, 1.807) is 20.9 Å². The van der Waals surface area contributed by atoms with Gasteiger partial charge in [0.2, 0.25) is 0 Å². The summed E-state index contributed by atoms with van der Waals surface area (Å²) in [4.78, 5) is 37.1. The van der Waals surface area contributed by atoms with E-state index in [2.05, 4.69) is 104 Å². The Bertz CT molecular complexity index is 3520. The summed E-state index contributed by atoms with van der Waals surface area (Å²) in [6.45, 7) is 24.3. The molecule has 4 unspecified atom stereocenters. The first-order valence-electron chi connectivity index (χ1n) is 33.3. The van der Waals surface area contributed by atoms with Crippen LogP contribution in [0.5, 0.6) is 0 Å². The minimum Gasteiger partial charge on any atom is -0.293 e. The van der Waals surface area contributed by atoms with Crippen molar-refractivity contribution in [3.63, 3.8) is 0 Å². The molecule has 11 rings (SSSR count). The molecule has 88 heavy (non-hydrogen) atoms. The van der Waals surface area contributed by atoms with Gasteiger partial charge >= 0.3 is 0 Å². The van der Waals surface area contributed by atoms with E-state index in [0.717, 1.165) is 95.7 Å². The molecule has 0 bridgehead atoms. The van der Waals surface area contributed by atoms with Crippen LogP contribution in [-0.4, -0.2) is 60.8 Å². The third-order valence-corrected chi connectivity index (χ3v) is 26.5. The second-order valence-corrected chi connectivity index (χ2v) is 32.0. The number of thioether (sulfide) groups is 2. The number of nitrogens with zero attached hydrogens (tertiary/aromatic N) is 6. The van der Waals surface area contributed by atoms with Crippen molar-refractivity contribution in [3.8, 4) is 41.8 Å². The number of carbonyl (C=O) groups is 2. The minimum absolute atomic E-state index is 0.0399. The van der Waals surface area contributed by atoms with E-state index in [9.17, 15) is 9.59 Å². The molecule has 3 aromatic carbocycles. The van der Waals surface area contributed by atoms with E-state index in [1.165, 1.54) is 166 Å². The maximum atomic E-state index is 13.5. The molecule has 0 saturated carbocycles. The largest absolute Gasteiger partial charge is 0.293 e. The van der Waals surface area contributed by atoms with Crippen LogP contribution in [0.2, 0.25) is 0 Å². The van der Waals surface area contributed by atoms with E-state index in [-0.39, 0.29) is 22.6 Å². The first kappa shape index (κ1) is 65.5. The van der Waals surface area contributed by atoms with E-state index < -0.39 is 0 Å². The summed E-state index contributed by atoms with van der Waals surface area (Å²) in [5.74, 6) is 2.21. The van der Waals surface area contributed by atoms with Gasteiger partial charge in [-0.05, 0) is 133 Å². The lowest BCUT2D eigenvalue weighted by molar-refractivity contribution is -0.122. The molecule has 16 heteroatoms. The zero-order chi connectivity index (χ0) is 62.0. The van der Waals surface area contributed by atoms with Gasteiger partial charge < -0.3 is 0 Å². The van der Waals surface area contributed by atoms with Crippen molar-refractivity contribution in [2.75, 3.05) is 13.1 Å². The number of carbonyl (C=O) groups excluding carboxylic acids is 2. The maximum Gasteiger partial charge on any atom is 0.266 e. The summed E-state index contributed by atoms with van der Waals surface area (Å²) in [5.41, 5.74) is 16.2. The summed E-state index contributed by atoms with van der Waals surface area (Å²) >= 11 is 20.5. The normalized spacial score (nSPS) is 20.4. The number of likely N-dealkylation sites (N-methyl/N-ethyl adjacent to an activating group) is 2. The number of aromatic nitrogens is 4. The average Bonchev–Trinajstić information content (AvgIpc) is 1.52. The molecule has 466 valence electrons. The number of hydrogen-bond donors (Lipinski definition) is 0. The Morgan fingerprint density at radius 1 is 0.455 bits per heavy atom. The number of rotatable bonds is 30. The molecule has 2 amide bonds. The average molecular weight is 1330 g/mol. The zero-order valence-electron chi connectivity index (χ0n) is 53.4. The van der Waals surface area contributed by atoms with Crippen LogP contribution in [0.25, 0.3) is 76.0 Å². The zero-order valence-corrected chi connectivity index (χ0v) is 59.9. The monoisotopic (exact) mass is 1320 g/mol. The maximum absolute atomic E-state index is 13.5. The molecule has 8 nitrogen and oxygen atoms in total. The van der Waals surface area contributed by atoms with Crippen LogP contribution in [0.3, 0.4) is 0 Å². The summed E-state index contributed by atoms with van der Waals surface area (Å²) < 4.78 is 21.3. The molecular formula is C72H88N6O2S8. The Balaban J connectivity index is 1.15. The highest BCUT2D eigenvalue weighted by Gasteiger charge is 2.52. The second kappa shape index (κ2) is 28.5. The standard InChI is InChI=1S/C72H88N6O2S8/c1-11-21-25-43(15-5)39-71(40-44(16-6)26-22-12-2)53-35-52-54(36-51(53)65-55(71)37-57(83-65)49-31-29-47(61-63(49)75-87-73-61)33-59-67(79)77(19-9)69(81)85-59)72(41-45(17-7)27-23-13-3,42-46(18-8)28-24-14-4)56-38-58(84-66(52)56)50-32-30-48(62-64(50)76-88-74-62)34-60-68(80)78(20-10)70(82)86-60/h29-38,43-46H,11-28,39-42H2,1-10H3/b59-33-,60-34+. The Hall–Kier alpha value is -4.00. The van der Waals surface area contributed by atoms with Crippen LogP contribution >= 0.6 is 94.1 Å². The molecule has 4 aromatic heterocycles. The van der Waals surface area contributed by atoms with Crippen LogP contribution in [0.15, 0.2) is 58.3 Å². The summed E-state index contributed by atoms with van der Waals surface area (Å²) in [6.07, 6.45) is 27.8. The molecule has 0 radical (unpaired) electrons. The molecule has 2 saturated heterocycles. The van der Waals surface area contributed by atoms with Gasteiger partial charge in [-0.25, -0.2) is 0 Å². The highest BCUT2D eigenvalue weighted by Crippen LogP contribution is 2.66. The summed E-state index contributed by atoms with van der Waals surface area (Å²) in [7, 11) is 0. The van der Waals surface area contributed by atoms with Crippen LogP contribution in [0, 0.1) is 23.7 Å². The van der Waals surface area contributed by atoms with Gasteiger partial charge in [0.05, 0.1) is 33.3 Å². The lowest BCUT2D eigenvalue weighted by Crippen LogP contribution is -2.32. The first-order valence-corrected chi connectivity index (χ1v) is 38.8. The minimum atomic E-state index is -0.198. The van der Waals surface area contributed by atoms with E-state index in [0.29, 0.717) is 55.2 Å². The molecule has 2 aliphatic heterocycles. The van der Waals surface area contributed by atoms with Crippen molar-refractivity contribution < 1.29 is 9.59 Å². The predicted octanol–water partition coefficient (Wildman–Crippen LogP) is 22.6. The van der Waals surface area contributed by atoms with Crippen LogP contribution in [0.1, 0.15) is 231 Å². The van der Waals surface area contributed by atoms with Crippen molar-refractivity contribution >= 4 is 149 Å². The van der Waals surface area contributed by atoms with Crippen molar-refractivity contribution in [1.82, 2.24) is 27.3 Å². The van der Waals surface area contributed by atoms with Crippen molar-refractivity contribution in [2.45, 2.75) is 208 Å². The number of thiophene rings is 2. The second-order valence-electron chi connectivity index (χ2n) is 25.5. The van der Waals surface area contributed by atoms with Gasteiger partial charge in [0.1, 0.15) is 30.7 Å². The number of fused-ring (bicyclic) bond motifs is 8. The number of benzene rings is 3. The molecule has 0 N–H and O–H groups in total. The third kappa shape index (κ3) is 12.2. The Labute approximate surface area is 559 Å². The molecule has 0 spiro atoms. The Morgan fingerprint density at radius 2 is 0.795 bits per heavy atom. The fourth-order valence-electron chi connectivity index (χ4n) is 15.2. The molecule has 2 aliphatic carbocycles. The topological polar surface area (TPSA) is 92.2 Å². The van der Waals surface area contributed by atoms with Crippen molar-refractivity contribution in [1.29, 1.82) is 0 Å². The summed E-state index contributed by atoms with van der Waals surface area (Å²) in [6, 6.07) is 19.7. The Kier molecular flexibility index (Phi) is 21.2. The molecule has 7 aromatic rings. The fraction of sp³-hybridized carbons (Fsp3) is 0.528. The van der Waals surface area contributed by atoms with Gasteiger partial charge in [-0.1, -0.05) is 230 Å². The van der Waals surface area contributed by atoms with Gasteiger partial charge in [-0.15, -0.1) is 22.7 Å². The molecule has 6 heterocycles. The molecule has 4 atom stereocenters. The highest BCUT2D eigenvalue weighted by molar-refractivity contribution is 8.27. The third-order valence-electron chi connectivity index (χ3n) is 20.3. The summed E-state index contributed by atoms with van der Waals surface area (Å²) in [5, 5.41) is 0. The molecular weight excluding hydrogens is 1240 g/mol. The quantitative estimate of drug-likeness (QED) is 0.0320. The SMILES string of the molecule is CCCCC(CC)CC1(CC(CC)CCCC)c2cc3c(cc2-c2sc(-c4ccc(/C=C5\SC(=S)N(CC)C5=O)c5nsnc45)cc21)C(CC(CC)CCCC)(CC(CC)CCCC)c1cc(-c2ccc(/C=C4/SC(=S)N(CC)C4=O)c4nsnc24)sc1-3. The smallest absolute Gasteiger partial charge is 0.266 e. The highest BCUT2D eigenvalue weighted by atomic mass is 32.2. The number of hydrogen-bond acceptors (Lipinski definition) is 14. The van der Waals surface area contributed by atoms with Crippen LogP contribution in [0.4, 0.5) is 0 Å². The van der Waals surface area contributed by atoms with Gasteiger partial charge in [0, 0.05) is 65.7 Å². The van der Waals surface area contributed by atoms with Gasteiger partial charge in [0.25, 0.3) is 11.8 Å². The Morgan fingerprint density at radius 3 is 1.10 bits per heavy atom.